The maximum atomic E-state index is 11.7. The third kappa shape index (κ3) is 5.17. The minimum Gasteiger partial charge on any atom is -0.373 e. The lowest BCUT2D eigenvalue weighted by molar-refractivity contribution is -0.121. The zero-order valence-electron chi connectivity index (χ0n) is 10.3. The van der Waals surface area contributed by atoms with Crippen molar-refractivity contribution in [3.05, 3.63) is 22.9 Å². The third-order valence-corrected chi connectivity index (χ3v) is 2.60. The highest BCUT2D eigenvalue weighted by molar-refractivity contribution is 9.10. The molecular weight excluding hydrogens is 282 g/mol. The molecule has 4 nitrogen and oxygen atoms in total. The number of anilines is 1. The second-order valence-electron chi connectivity index (χ2n) is 4.40. The van der Waals surface area contributed by atoms with Crippen LogP contribution in [-0.4, -0.2) is 23.5 Å². The summed E-state index contributed by atoms with van der Waals surface area (Å²) in [6.07, 6.45) is 3.39. The molecule has 1 aromatic heterocycles. The summed E-state index contributed by atoms with van der Waals surface area (Å²) in [5.74, 6) is 0.456. The molecule has 5 heteroatoms. The second kappa shape index (κ2) is 6.59. The molecule has 0 spiro atoms. The molecule has 1 amide bonds. The Labute approximate surface area is 110 Å². The van der Waals surface area contributed by atoms with Gasteiger partial charge in [0.05, 0.1) is 11.9 Å². The summed E-state index contributed by atoms with van der Waals surface area (Å²) in [4.78, 5) is 15.8. The van der Waals surface area contributed by atoms with Crippen molar-refractivity contribution in [2.75, 3.05) is 11.9 Å². The standard InChI is InChI=1S/C12H18BrN3O/c1-8(2)5-15-12(17)9(3)16-11-4-10(13)6-14-7-11/h4,6-9,16H,5H2,1-3H3,(H,15,17). The van der Waals surface area contributed by atoms with Gasteiger partial charge in [-0.15, -0.1) is 0 Å². The van der Waals surface area contributed by atoms with Gasteiger partial charge in [0, 0.05) is 17.2 Å². The number of hydrogen-bond donors (Lipinski definition) is 2. The summed E-state index contributed by atoms with van der Waals surface area (Å²) < 4.78 is 0.886. The van der Waals surface area contributed by atoms with Gasteiger partial charge in [0.15, 0.2) is 0 Å². The van der Waals surface area contributed by atoms with E-state index in [0.29, 0.717) is 12.5 Å². The van der Waals surface area contributed by atoms with Crippen molar-refractivity contribution in [3.8, 4) is 0 Å². The first-order valence-corrected chi connectivity index (χ1v) is 6.43. The van der Waals surface area contributed by atoms with E-state index in [1.807, 2.05) is 13.0 Å². The van der Waals surface area contributed by atoms with Gasteiger partial charge in [-0.3, -0.25) is 9.78 Å². The van der Waals surface area contributed by atoms with Crippen molar-refractivity contribution < 1.29 is 4.79 Å². The molecule has 0 bridgehead atoms. The minimum atomic E-state index is -0.273. The number of halogens is 1. The molecular formula is C12H18BrN3O. The molecule has 1 rings (SSSR count). The van der Waals surface area contributed by atoms with Crippen LogP contribution >= 0.6 is 15.9 Å². The number of amides is 1. The molecule has 2 N–H and O–H groups in total. The molecule has 1 atom stereocenters. The average molecular weight is 300 g/mol. The largest absolute Gasteiger partial charge is 0.373 e. The molecule has 1 aromatic rings. The maximum absolute atomic E-state index is 11.7. The zero-order chi connectivity index (χ0) is 12.8. The lowest BCUT2D eigenvalue weighted by atomic mass is 10.2. The summed E-state index contributed by atoms with van der Waals surface area (Å²) in [6, 6.07) is 1.61. The molecule has 0 aliphatic carbocycles. The molecule has 1 unspecified atom stereocenters. The van der Waals surface area contributed by atoms with Crippen molar-refractivity contribution in [1.29, 1.82) is 0 Å². The Morgan fingerprint density at radius 3 is 2.71 bits per heavy atom. The van der Waals surface area contributed by atoms with Crippen LogP contribution in [0, 0.1) is 5.92 Å². The Morgan fingerprint density at radius 1 is 1.41 bits per heavy atom. The molecule has 1 heterocycles. The molecule has 0 saturated heterocycles. The van der Waals surface area contributed by atoms with Crippen LogP contribution in [-0.2, 0) is 4.79 Å². The van der Waals surface area contributed by atoms with Gasteiger partial charge in [0.25, 0.3) is 0 Å². The smallest absolute Gasteiger partial charge is 0.242 e. The number of rotatable bonds is 5. The van der Waals surface area contributed by atoms with Gasteiger partial charge in [-0.2, -0.15) is 0 Å². The highest BCUT2D eigenvalue weighted by Crippen LogP contribution is 2.14. The summed E-state index contributed by atoms with van der Waals surface area (Å²) >= 11 is 3.34. The van der Waals surface area contributed by atoms with E-state index in [2.05, 4.69) is 45.4 Å². The average Bonchev–Trinajstić information content (AvgIpc) is 2.25. The number of nitrogens with zero attached hydrogens (tertiary/aromatic N) is 1. The fraction of sp³-hybridized carbons (Fsp3) is 0.500. The molecule has 17 heavy (non-hydrogen) atoms. The number of carbonyl (C=O) groups is 1. The lowest BCUT2D eigenvalue weighted by Gasteiger charge is -2.16. The molecule has 0 saturated carbocycles. The molecule has 0 aliphatic rings. The van der Waals surface area contributed by atoms with E-state index in [1.54, 1.807) is 12.4 Å². The third-order valence-electron chi connectivity index (χ3n) is 2.17. The fourth-order valence-electron chi connectivity index (χ4n) is 1.26. The van der Waals surface area contributed by atoms with Crippen LogP contribution in [0.25, 0.3) is 0 Å². The quantitative estimate of drug-likeness (QED) is 0.878. The van der Waals surface area contributed by atoms with E-state index >= 15 is 0 Å². The minimum absolute atomic E-state index is 0.00123. The zero-order valence-corrected chi connectivity index (χ0v) is 11.9. The van der Waals surface area contributed by atoms with Crippen LogP contribution < -0.4 is 10.6 Å². The van der Waals surface area contributed by atoms with Crippen LogP contribution in [0.2, 0.25) is 0 Å². The highest BCUT2D eigenvalue weighted by atomic mass is 79.9. The summed E-state index contributed by atoms with van der Waals surface area (Å²) in [6.45, 7) is 6.66. The number of hydrogen-bond acceptors (Lipinski definition) is 3. The number of pyridine rings is 1. The molecule has 0 radical (unpaired) electrons. The topological polar surface area (TPSA) is 54.0 Å². The van der Waals surface area contributed by atoms with Crippen molar-refractivity contribution in [1.82, 2.24) is 10.3 Å². The molecule has 0 aromatic carbocycles. The monoisotopic (exact) mass is 299 g/mol. The summed E-state index contributed by atoms with van der Waals surface area (Å²) in [7, 11) is 0. The van der Waals surface area contributed by atoms with E-state index in [0.717, 1.165) is 10.2 Å². The lowest BCUT2D eigenvalue weighted by Crippen LogP contribution is -2.39. The van der Waals surface area contributed by atoms with Gasteiger partial charge in [0.2, 0.25) is 5.91 Å². The Hall–Kier alpha value is -1.10. The normalized spacial score (nSPS) is 12.3. The predicted octanol–water partition coefficient (Wildman–Crippen LogP) is 2.42. The van der Waals surface area contributed by atoms with Gasteiger partial charge in [-0.25, -0.2) is 0 Å². The number of nitrogens with one attached hydrogen (secondary N) is 2. The van der Waals surface area contributed by atoms with Crippen molar-refractivity contribution in [3.63, 3.8) is 0 Å². The summed E-state index contributed by atoms with van der Waals surface area (Å²) in [5, 5.41) is 5.98. The van der Waals surface area contributed by atoms with Gasteiger partial charge >= 0.3 is 0 Å². The van der Waals surface area contributed by atoms with Crippen molar-refractivity contribution in [2.24, 2.45) is 5.92 Å². The van der Waals surface area contributed by atoms with Gasteiger partial charge in [-0.05, 0) is 34.8 Å². The Kier molecular flexibility index (Phi) is 5.41. The maximum Gasteiger partial charge on any atom is 0.242 e. The van der Waals surface area contributed by atoms with Crippen LogP contribution in [0.15, 0.2) is 22.9 Å². The highest BCUT2D eigenvalue weighted by Gasteiger charge is 2.12. The first-order chi connectivity index (χ1) is 7.99. The molecule has 94 valence electrons. The van der Waals surface area contributed by atoms with Crippen LogP contribution in [0.3, 0.4) is 0 Å². The van der Waals surface area contributed by atoms with Gasteiger partial charge in [-0.1, -0.05) is 13.8 Å². The summed E-state index contributed by atoms with van der Waals surface area (Å²) in [5.41, 5.74) is 0.826. The van der Waals surface area contributed by atoms with Crippen LogP contribution in [0.1, 0.15) is 20.8 Å². The van der Waals surface area contributed by atoms with E-state index in [4.69, 9.17) is 0 Å². The van der Waals surface area contributed by atoms with Gasteiger partial charge in [0.1, 0.15) is 6.04 Å². The van der Waals surface area contributed by atoms with Gasteiger partial charge < -0.3 is 10.6 Å². The van der Waals surface area contributed by atoms with Crippen LogP contribution in [0.5, 0.6) is 0 Å². The van der Waals surface area contributed by atoms with Crippen molar-refractivity contribution in [2.45, 2.75) is 26.8 Å². The number of carbonyl (C=O) groups excluding carboxylic acids is 1. The predicted molar refractivity (Wildman–Crippen MR) is 72.9 cm³/mol. The molecule has 0 aliphatic heterocycles. The SMILES string of the molecule is CC(C)CNC(=O)C(C)Nc1cncc(Br)c1. The van der Waals surface area contributed by atoms with E-state index in [1.165, 1.54) is 0 Å². The Balaban J connectivity index is 2.48. The van der Waals surface area contributed by atoms with Crippen LogP contribution in [0.4, 0.5) is 5.69 Å². The van der Waals surface area contributed by atoms with E-state index in [9.17, 15) is 4.79 Å². The molecule has 0 fully saturated rings. The Morgan fingerprint density at radius 2 is 2.12 bits per heavy atom. The fourth-order valence-corrected chi connectivity index (χ4v) is 1.63. The Bertz CT molecular complexity index is 382. The first-order valence-electron chi connectivity index (χ1n) is 5.64. The van der Waals surface area contributed by atoms with E-state index < -0.39 is 0 Å². The second-order valence-corrected chi connectivity index (χ2v) is 5.31. The first kappa shape index (κ1) is 14.0. The van der Waals surface area contributed by atoms with Crippen molar-refractivity contribution >= 4 is 27.5 Å². The number of aromatic nitrogens is 1. The van der Waals surface area contributed by atoms with E-state index in [-0.39, 0.29) is 11.9 Å².